The quantitative estimate of drug-likeness (QED) is 0.614. The highest BCUT2D eigenvalue weighted by Gasteiger charge is 2.07. The largest absolute Gasteiger partial charge is 0.462 e. The lowest BCUT2D eigenvalue weighted by molar-refractivity contribution is 0.0505. The van der Waals surface area contributed by atoms with E-state index in [1.165, 1.54) is 11.8 Å². The van der Waals surface area contributed by atoms with Crippen LogP contribution in [0.2, 0.25) is 0 Å². The van der Waals surface area contributed by atoms with Crippen LogP contribution in [0.4, 0.5) is 0 Å². The van der Waals surface area contributed by atoms with Crippen molar-refractivity contribution in [3.8, 4) is 0 Å². The van der Waals surface area contributed by atoms with Crippen LogP contribution in [0, 0.1) is 0 Å². The summed E-state index contributed by atoms with van der Waals surface area (Å²) in [6.45, 7) is 2.33. The molecule has 116 valence electrons. The summed E-state index contributed by atoms with van der Waals surface area (Å²) in [7, 11) is 0. The number of hydrogen-bond donors (Lipinski definition) is 2. The Labute approximate surface area is 130 Å². The average Bonchev–Trinajstić information content (AvgIpc) is 2.52. The minimum atomic E-state index is -0.635. The molecule has 0 atom stereocenters. The van der Waals surface area contributed by atoms with E-state index < -0.39 is 11.2 Å². The molecule has 0 saturated carbocycles. The molecular weight excluding hydrogens is 306 g/mol. The van der Waals surface area contributed by atoms with E-state index in [1.807, 2.05) is 6.92 Å². The van der Waals surface area contributed by atoms with Gasteiger partial charge in [-0.2, -0.15) is 5.10 Å². The van der Waals surface area contributed by atoms with Crippen LogP contribution in [0.15, 0.2) is 38.9 Å². The molecule has 2 aromatic rings. The molecule has 2 N–H and O–H groups in total. The van der Waals surface area contributed by atoms with Gasteiger partial charge in [-0.15, -0.1) is 0 Å². The summed E-state index contributed by atoms with van der Waals surface area (Å²) in [5.74, 6) is 0.145. The normalized spacial score (nSPS) is 10.4. The van der Waals surface area contributed by atoms with E-state index in [-0.39, 0.29) is 11.0 Å². The van der Waals surface area contributed by atoms with Crippen molar-refractivity contribution in [2.24, 2.45) is 0 Å². The standard InChI is InChI=1S/C14H15N3O4S/c1-2-7-21-13(19)10-5-3-9(4-6-10)8-22-12-11(18)15-14(20)17-16-12/h3-6H,2,7-8H2,1H3,(H2,15,17,18,20). The lowest BCUT2D eigenvalue weighted by Gasteiger charge is -2.04. The van der Waals surface area contributed by atoms with Gasteiger partial charge in [0, 0.05) is 5.75 Å². The Balaban J connectivity index is 1.98. The summed E-state index contributed by atoms with van der Waals surface area (Å²) in [4.78, 5) is 36.1. The Morgan fingerprint density at radius 2 is 2.00 bits per heavy atom. The number of benzene rings is 1. The molecule has 22 heavy (non-hydrogen) atoms. The number of ether oxygens (including phenoxy) is 1. The first kappa shape index (κ1) is 16.0. The number of thioether (sulfide) groups is 1. The first-order chi connectivity index (χ1) is 10.6. The van der Waals surface area contributed by atoms with Crippen molar-refractivity contribution < 1.29 is 9.53 Å². The maximum absolute atomic E-state index is 11.7. The molecule has 0 aliphatic carbocycles. The summed E-state index contributed by atoms with van der Waals surface area (Å²) in [6.07, 6.45) is 0.779. The van der Waals surface area contributed by atoms with E-state index in [2.05, 4.69) is 15.2 Å². The molecule has 7 nitrogen and oxygen atoms in total. The summed E-state index contributed by atoms with van der Waals surface area (Å²) in [5, 5.41) is 6.04. The molecule has 0 amide bonds. The zero-order valence-corrected chi connectivity index (χ0v) is 12.7. The zero-order valence-electron chi connectivity index (χ0n) is 11.9. The number of hydrogen-bond acceptors (Lipinski definition) is 6. The number of rotatable bonds is 6. The molecule has 0 aliphatic rings. The number of carbonyl (C=O) groups excluding carboxylic acids is 1. The molecule has 1 aromatic carbocycles. The van der Waals surface area contributed by atoms with Gasteiger partial charge >= 0.3 is 11.7 Å². The second-order valence-corrected chi connectivity index (χ2v) is 5.40. The topological polar surface area (TPSA) is 105 Å². The predicted octanol–water partition coefficient (Wildman–Crippen LogP) is 1.32. The van der Waals surface area contributed by atoms with Crippen LogP contribution in [-0.2, 0) is 10.5 Å². The van der Waals surface area contributed by atoms with Crippen molar-refractivity contribution in [1.82, 2.24) is 15.2 Å². The Morgan fingerprint density at radius 1 is 1.27 bits per heavy atom. The predicted molar refractivity (Wildman–Crippen MR) is 82.1 cm³/mol. The molecular formula is C14H15N3O4S. The monoisotopic (exact) mass is 321 g/mol. The van der Waals surface area contributed by atoms with Gasteiger partial charge in [-0.1, -0.05) is 30.8 Å². The van der Waals surface area contributed by atoms with Gasteiger partial charge in [-0.25, -0.2) is 14.7 Å². The van der Waals surface area contributed by atoms with Gasteiger partial charge in [-0.3, -0.25) is 9.78 Å². The number of nitrogens with zero attached hydrogens (tertiary/aromatic N) is 1. The highest BCUT2D eigenvalue weighted by Crippen LogP contribution is 2.17. The lowest BCUT2D eigenvalue weighted by atomic mass is 10.1. The number of nitrogens with one attached hydrogen (secondary N) is 2. The molecule has 0 saturated heterocycles. The van der Waals surface area contributed by atoms with Crippen molar-refractivity contribution in [3.05, 3.63) is 56.2 Å². The maximum atomic E-state index is 11.7. The summed E-state index contributed by atoms with van der Waals surface area (Å²) >= 11 is 1.20. The highest BCUT2D eigenvalue weighted by molar-refractivity contribution is 7.98. The molecule has 1 aromatic heterocycles. The SMILES string of the molecule is CCCOC(=O)c1ccc(CSc2n[nH]c(=O)[nH]c2=O)cc1. The van der Waals surface area contributed by atoms with Crippen molar-refractivity contribution in [2.75, 3.05) is 6.61 Å². The third-order valence-electron chi connectivity index (χ3n) is 2.68. The second kappa shape index (κ2) is 7.60. The van der Waals surface area contributed by atoms with Gasteiger partial charge in [0.1, 0.15) is 0 Å². The van der Waals surface area contributed by atoms with Crippen molar-refractivity contribution in [3.63, 3.8) is 0 Å². The van der Waals surface area contributed by atoms with E-state index >= 15 is 0 Å². The van der Waals surface area contributed by atoms with Gasteiger partial charge < -0.3 is 4.74 Å². The fourth-order valence-corrected chi connectivity index (χ4v) is 2.39. The zero-order chi connectivity index (χ0) is 15.9. The fraction of sp³-hybridized carbons (Fsp3) is 0.286. The molecule has 0 aliphatic heterocycles. The van der Waals surface area contributed by atoms with Crippen molar-refractivity contribution >= 4 is 17.7 Å². The molecule has 0 radical (unpaired) electrons. The van der Waals surface area contributed by atoms with Crippen LogP contribution in [0.25, 0.3) is 0 Å². The highest BCUT2D eigenvalue weighted by atomic mass is 32.2. The summed E-state index contributed by atoms with van der Waals surface area (Å²) in [5.41, 5.74) is 0.254. The first-order valence-electron chi connectivity index (χ1n) is 6.68. The Kier molecular flexibility index (Phi) is 5.54. The molecule has 0 spiro atoms. The van der Waals surface area contributed by atoms with Gasteiger partial charge in [0.2, 0.25) is 0 Å². The Bertz CT molecular complexity index is 752. The fourth-order valence-electron chi connectivity index (χ4n) is 1.60. The van der Waals surface area contributed by atoms with Crippen LogP contribution in [0.3, 0.4) is 0 Å². The third kappa shape index (κ3) is 4.32. The second-order valence-electron chi connectivity index (χ2n) is 4.43. The minimum Gasteiger partial charge on any atom is -0.462 e. The summed E-state index contributed by atoms with van der Waals surface area (Å²) < 4.78 is 5.04. The first-order valence-corrected chi connectivity index (χ1v) is 7.66. The van der Waals surface area contributed by atoms with Gasteiger partial charge in [-0.05, 0) is 24.1 Å². The molecule has 8 heteroatoms. The Morgan fingerprint density at radius 3 is 2.64 bits per heavy atom. The number of aromatic nitrogens is 3. The van der Waals surface area contributed by atoms with Gasteiger partial charge in [0.05, 0.1) is 12.2 Å². The van der Waals surface area contributed by atoms with Gasteiger partial charge in [0.15, 0.2) is 5.03 Å². The molecule has 0 fully saturated rings. The van der Waals surface area contributed by atoms with Crippen LogP contribution >= 0.6 is 11.8 Å². The van der Waals surface area contributed by atoms with E-state index in [0.717, 1.165) is 12.0 Å². The van der Waals surface area contributed by atoms with E-state index in [0.29, 0.717) is 17.9 Å². The molecule has 1 heterocycles. The van der Waals surface area contributed by atoms with Crippen LogP contribution in [0.1, 0.15) is 29.3 Å². The summed E-state index contributed by atoms with van der Waals surface area (Å²) in [6, 6.07) is 6.93. The van der Waals surface area contributed by atoms with E-state index in [1.54, 1.807) is 24.3 Å². The van der Waals surface area contributed by atoms with Crippen LogP contribution in [-0.4, -0.2) is 27.8 Å². The van der Waals surface area contributed by atoms with Crippen LogP contribution < -0.4 is 11.2 Å². The molecule has 2 rings (SSSR count). The van der Waals surface area contributed by atoms with Crippen LogP contribution in [0.5, 0.6) is 0 Å². The number of esters is 1. The molecule has 0 unspecified atom stereocenters. The van der Waals surface area contributed by atoms with Crippen molar-refractivity contribution in [1.29, 1.82) is 0 Å². The number of aromatic amines is 2. The average molecular weight is 321 g/mol. The van der Waals surface area contributed by atoms with Crippen molar-refractivity contribution in [2.45, 2.75) is 24.1 Å². The third-order valence-corrected chi connectivity index (χ3v) is 3.71. The van der Waals surface area contributed by atoms with E-state index in [4.69, 9.17) is 4.74 Å². The minimum absolute atomic E-state index is 0.186. The lowest BCUT2D eigenvalue weighted by Crippen LogP contribution is -2.24. The smallest absolute Gasteiger partial charge is 0.342 e. The van der Waals surface area contributed by atoms with E-state index in [9.17, 15) is 14.4 Å². The molecule has 0 bridgehead atoms. The maximum Gasteiger partial charge on any atom is 0.342 e. The Hall–Kier alpha value is -2.35. The number of H-pyrrole nitrogens is 2. The number of carbonyl (C=O) groups is 1. The van der Waals surface area contributed by atoms with Gasteiger partial charge in [0.25, 0.3) is 5.56 Å².